The van der Waals surface area contributed by atoms with E-state index in [1.54, 1.807) is 0 Å². The largest absolute Gasteiger partial charge is 0.388 e. The lowest BCUT2D eigenvalue weighted by molar-refractivity contribution is -0.633. The van der Waals surface area contributed by atoms with Crippen LogP contribution in [0.25, 0.3) is 0 Å². The standard InChI is InChI=1S/H3NO2P/c1-3-4-2/h1H3/q+1. The minimum Gasteiger partial charge on any atom is -0.234 e. The van der Waals surface area contributed by atoms with E-state index in [-0.39, 0.29) is 8.69 Å². The van der Waals surface area contributed by atoms with Crippen molar-refractivity contribution in [3.8, 4) is 0 Å². The average molecular weight is 80.0 g/mol. The van der Waals surface area contributed by atoms with Gasteiger partial charge in [0.25, 0.3) is 0 Å². The Balaban J connectivity index is 2.30. The predicted molar refractivity (Wildman–Crippen MR) is 11.6 cm³/mol. The minimum absolute atomic E-state index is 0.363. The third kappa shape index (κ3) is 2.02. The van der Waals surface area contributed by atoms with Crippen LogP contribution < -0.4 is 5.90 Å². The summed E-state index contributed by atoms with van der Waals surface area (Å²) in [6, 6.07) is 0. The van der Waals surface area contributed by atoms with Gasteiger partial charge >= 0.3 is 8.69 Å². The van der Waals surface area contributed by atoms with Crippen LogP contribution in [0.3, 0.4) is 0 Å². The van der Waals surface area contributed by atoms with E-state index in [0.29, 0.717) is 0 Å². The summed E-state index contributed by atoms with van der Waals surface area (Å²) in [7, 11) is -0.363. The van der Waals surface area contributed by atoms with E-state index < -0.39 is 0 Å². The molecule has 3 N–H and O–H groups in total. The van der Waals surface area contributed by atoms with Gasteiger partial charge in [-0.2, -0.15) is 5.90 Å². The summed E-state index contributed by atoms with van der Waals surface area (Å²) in [5, 5.41) is 0. The molecule has 0 rings (SSSR count). The fourth-order valence-corrected chi connectivity index (χ4v) is 0. The highest BCUT2D eigenvalue weighted by Crippen LogP contribution is 1.77. The molecule has 0 aromatic heterocycles. The lowest BCUT2D eigenvalue weighted by Gasteiger charge is -1.52. The monoisotopic (exact) mass is 80.0 g/mol. The van der Waals surface area contributed by atoms with Crippen LogP contribution in [0.4, 0.5) is 0 Å². The maximum atomic E-state index is 8.99. The van der Waals surface area contributed by atoms with Crippen LogP contribution in [-0.4, -0.2) is 0 Å². The molecule has 0 saturated carbocycles. The van der Waals surface area contributed by atoms with Crippen LogP contribution >= 0.6 is 8.69 Å². The fourth-order valence-electron chi connectivity index (χ4n) is 0. The molecular weight excluding hydrogens is 77.0 g/mol. The van der Waals surface area contributed by atoms with Crippen molar-refractivity contribution < 1.29 is 15.1 Å². The molecule has 24 valence electrons. The van der Waals surface area contributed by atoms with Crippen molar-refractivity contribution in [3.63, 3.8) is 0 Å². The summed E-state index contributed by atoms with van der Waals surface area (Å²) in [5.41, 5.74) is 0. The van der Waals surface area contributed by atoms with Crippen molar-refractivity contribution >= 4 is 8.69 Å². The molecule has 0 fully saturated rings. The highest BCUT2D eigenvalue weighted by molar-refractivity contribution is 7.17. The van der Waals surface area contributed by atoms with Gasteiger partial charge in [0.05, 0.1) is 0 Å². The predicted octanol–water partition coefficient (Wildman–Crippen LogP) is -0.633. The van der Waals surface area contributed by atoms with E-state index in [1.165, 1.54) is 0 Å². The van der Waals surface area contributed by atoms with Crippen molar-refractivity contribution in [2.24, 2.45) is 0 Å². The van der Waals surface area contributed by atoms with Gasteiger partial charge in [-0.15, -0.1) is 4.62 Å². The Kier molecular flexibility index (Phi) is 3.04. The highest BCUT2D eigenvalue weighted by Gasteiger charge is 1.57. The van der Waals surface area contributed by atoms with Crippen molar-refractivity contribution in [2.75, 3.05) is 0 Å². The van der Waals surface area contributed by atoms with Gasteiger partial charge in [0, 0.05) is 0 Å². The van der Waals surface area contributed by atoms with Crippen molar-refractivity contribution in [1.29, 1.82) is 0 Å². The fraction of sp³-hybridized carbons (Fsp3) is 0. The van der Waals surface area contributed by atoms with Gasteiger partial charge < -0.3 is 0 Å². The molecule has 0 aliphatic heterocycles. The summed E-state index contributed by atoms with van der Waals surface area (Å²) >= 11 is 0. The van der Waals surface area contributed by atoms with Crippen molar-refractivity contribution in [2.45, 2.75) is 0 Å². The second-order valence-electron chi connectivity index (χ2n) is 0.204. The molecule has 0 atom stereocenters. The summed E-state index contributed by atoms with van der Waals surface area (Å²) in [4.78, 5) is 0. The molecule has 4 heavy (non-hydrogen) atoms. The molecule has 0 spiro atoms. The Bertz CT molecular complexity index is 20.0. The van der Waals surface area contributed by atoms with Gasteiger partial charge in [0.2, 0.25) is 0 Å². The molecule has 0 unspecified atom stereocenters. The SMILES string of the molecule is [NH3+]OP=O. The summed E-state index contributed by atoms with van der Waals surface area (Å²) in [6.45, 7) is 0. The quantitative estimate of drug-likeness (QED) is 0.336. The van der Waals surface area contributed by atoms with Crippen LogP contribution in [0.5, 0.6) is 0 Å². The van der Waals surface area contributed by atoms with Crippen LogP contribution in [0.2, 0.25) is 0 Å². The van der Waals surface area contributed by atoms with E-state index in [4.69, 9.17) is 4.57 Å². The first kappa shape index (κ1) is 4.02. The molecular formula is H3NO2P+. The smallest absolute Gasteiger partial charge is 0.234 e. The molecule has 0 aliphatic rings. The number of hydrogen-bond donors (Lipinski definition) is 1. The van der Waals surface area contributed by atoms with E-state index in [9.17, 15) is 0 Å². The Labute approximate surface area is 25.0 Å². The van der Waals surface area contributed by atoms with Gasteiger partial charge in [-0.05, 0) is 0 Å². The zero-order valence-electron chi connectivity index (χ0n) is 1.97. The lowest BCUT2D eigenvalue weighted by atomic mass is 13.6. The van der Waals surface area contributed by atoms with Crippen LogP contribution in [-0.2, 0) is 9.19 Å². The molecule has 0 aliphatic carbocycles. The lowest BCUT2D eigenvalue weighted by Crippen LogP contribution is -2.44. The third-order valence-corrected chi connectivity index (χ3v) is 0.158. The Morgan fingerprint density at radius 1 is 2.00 bits per heavy atom. The molecule has 0 bridgehead atoms. The van der Waals surface area contributed by atoms with Crippen molar-refractivity contribution in [1.82, 2.24) is 0 Å². The van der Waals surface area contributed by atoms with Gasteiger partial charge in [0.15, 0.2) is 0 Å². The highest BCUT2D eigenvalue weighted by atomic mass is 31.1. The van der Waals surface area contributed by atoms with E-state index in [0.717, 1.165) is 0 Å². The summed E-state index contributed by atoms with van der Waals surface area (Å²) < 4.78 is 12.7. The number of hydrogen-bond acceptors (Lipinski definition) is 2. The second-order valence-corrected chi connectivity index (χ2v) is 0.611. The molecule has 4 heteroatoms. The van der Waals surface area contributed by atoms with E-state index >= 15 is 0 Å². The third-order valence-electron chi connectivity index (χ3n) is 0.0527. The van der Waals surface area contributed by atoms with Crippen LogP contribution in [0.15, 0.2) is 0 Å². The van der Waals surface area contributed by atoms with Crippen LogP contribution in [0, 0.1) is 0 Å². The molecule has 0 saturated heterocycles. The normalized spacial score (nSPS) is 8.25. The first-order valence-corrected chi connectivity index (χ1v) is 1.38. The Hall–Kier alpha value is 0.0200. The second kappa shape index (κ2) is 3.02. The van der Waals surface area contributed by atoms with Crippen LogP contribution in [0.1, 0.15) is 0 Å². The maximum absolute atomic E-state index is 8.99. The van der Waals surface area contributed by atoms with Gasteiger partial charge in [-0.25, -0.2) is 4.57 Å². The summed E-state index contributed by atoms with van der Waals surface area (Å²) in [5.74, 6) is 2.78. The molecule has 0 aromatic carbocycles. The van der Waals surface area contributed by atoms with E-state index in [1.807, 2.05) is 0 Å². The number of rotatable bonds is 1. The van der Waals surface area contributed by atoms with Gasteiger partial charge in [-0.3, -0.25) is 0 Å². The number of quaternary nitrogens is 1. The molecule has 3 nitrogen and oxygen atoms in total. The average Bonchev–Trinajstić information content (AvgIpc) is 1.37. The summed E-state index contributed by atoms with van der Waals surface area (Å²) in [6.07, 6.45) is 0. The Morgan fingerprint density at radius 3 is 2.25 bits per heavy atom. The molecule has 0 radical (unpaired) electrons. The first-order chi connectivity index (χ1) is 1.91. The van der Waals surface area contributed by atoms with Crippen molar-refractivity contribution in [3.05, 3.63) is 0 Å². The molecule has 0 aromatic rings. The molecule has 0 amide bonds. The zero-order chi connectivity index (χ0) is 3.41. The maximum Gasteiger partial charge on any atom is 0.388 e. The zero-order valence-corrected chi connectivity index (χ0v) is 2.87. The van der Waals surface area contributed by atoms with Gasteiger partial charge in [-0.1, -0.05) is 0 Å². The van der Waals surface area contributed by atoms with E-state index in [2.05, 4.69) is 10.5 Å². The molecule has 0 heterocycles. The van der Waals surface area contributed by atoms with Gasteiger partial charge in [0.1, 0.15) is 0 Å². The Morgan fingerprint density at radius 2 is 2.25 bits per heavy atom. The minimum atomic E-state index is -0.363. The first-order valence-electron chi connectivity index (χ1n) is 0.654. The topological polar surface area (TPSA) is 53.9 Å².